The lowest BCUT2D eigenvalue weighted by molar-refractivity contribution is -0.274. The summed E-state index contributed by atoms with van der Waals surface area (Å²) in [5.74, 6) is 1.45. The molecule has 30 heavy (non-hydrogen) atoms. The van der Waals surface area contributed by atoms with Gasteiger partial charge in [-0.2, -0.15) is 0 Å². The molecule has 0 radical (unpaired) electrons. The summed E-state index contributed by atoms with van der Waals surface area (Å²) < 4.78 is 7.08. The van der Waals surface area contributed by atoms with Crippen LogP contribution in [-0.2, 0) is 11.8 Å². The molecule has 2 aliphatic heterocycles. The summed E-state index contributed by atoms with van der Waals surface area (Å²) in [6.45, 7) is 14.6. The zero-order valence-corrected chi connectivity index (χ0v) is 19.9. The third-order valence-corrected chi connectivity index (χ3v) is 11.2. The van der Waals surface area contributed by atoms with Gasteiger partial charge in [-0.3, -0.25) is 0 Å². The van der Waals surface area contributed by atoms with Crippen LogP contribution < -0.4 is 4.74 Å². The molecule has 2 spiro atoms. The van der Waals surface area contributed by atoms with Crippen molar-refractivity contribution in [2.45, 2.75) is 96.8 Å². The van der Waals surface area contributed by atoms with E-state index in [2.05, 4.69) is 65.6 Å². The summed E-state index contributed by atoms with van der Waals surface area (Å²) >= 11 is 0. The van der Waals surface area contributed by atoms with Crippen LogP contribution in [0.25, 0.3) is 0 Å². The molecule has 1 N–H and O–H groups in total. The molecule has 7 atom stereocenters. The number of likely N-dealkylation sites (tertiary alicyclic amines) is 1. The zero-order valence-electron chi connectivity index (χ0n) is 19.9. The van der Waals surface area contributed by atoms with Crippen molar-refractivity contribution in [1.29, 1.82) is 0 Å². The van der Waals surface area contributed by atoms with Crippen LogP contribution in [0.15, 0.2) is 12.1 Å². The second-order valence-corrected chi connectivity index (χ2v) is 13.0. The lowest BCUT2D eigenvalue weighted by Crippen LogP contribution is -2.79. The number of hydrogen-bond acceptors (Lipinski definition) is 3. The minimum atomic E-state index is -0.725. The van der Waals surface area contributed by atoms with Crippen LogP contribution in [-0.4, -0.2) is 41.3 Å². The van der Waals surface area contributed by atoms with E-state index < -0.39 is 5.60 Å². The van der Waals surface area contributed by atoms with Crippen LogP contribution in [0.3, 0.4) is 0 Å². The second kappa shape index (κ2) is 5.29. The van der Waals surface area contributed by atoms with E-state index >= 15 is 0 Å². The summed E-state index contributed by atoms with van der Waals surface area (Å²) in [6, 6.07) is 5.23. The van der Waals surface area contributed by atoms with Crippen molar-refractivity contribution in [3.8, 4) is 5.75 Å². The maximum absolute atomic E-state index is 12.0. The fourth-order valence-corrected chi connectivity index (χ4v) is 9.14. The molecule has 1 saturated heterocycles. The van der Waals surface area contributed by atoms with E-state index in [4.69, 9.17) is 4.74 Å². The highest BCUT2D eigenvalue weighted by Crippen LogP contribution is 2.79. The highest BCUT2D eigenvalue weighted by atomic mass is 16.5. The van der Waals surface area contributed by atoms with Crippen molar-refractivity contribution >= 4 is 0 Å². The summed E-state index contributed by atoms with van der Waals surface area (Å²) in [7, 11) is 2.34. The van der Waals surface area contributed by atoms with Crippen LogP contribution in [0, 0.1) is 29.1 Å². The van der Waals surface area contributed by atoms with Crippen LogP contribution in [0.5, 0.6) is 5.75 Å². The van der Waals surface area contributed by atoms with Crippen LogP contribution >= 0.6 is 0 Å². The first-order valence-electron chi connectivity index (χ1n) is 12.1. The van der Waals surface area contributed by atoms with Crippen LogP contribution in [0.4, 0.5) is 0 Å². The van der Waals surface area contributed by atoms with E-state index in [1.807, 2.05) is 0 Å². The summed E-state index contributed by atoms with van der Waals surface area (Å²) in [5, 5.41) is 12.0. The second-order valence-electron chi connectivity index (χ2n) is 13.0. The lowest BCUT2D eigenvalue weighted by atomic mass is 9.31. The Labute approximate surface area is 182 Å². The Morgan fingerprint density at radius 2 is 1.87 bits per heavy atom. The van der Waals surface area contributed by atoms with Gasteiger partial charge in [0.1, 0.15) is 11.9 Å². The topological polar surface area (TPSA) is 32.7 Å². The van der Waals surface area contributed by atoms with E-state index in [0.717, 1.165) is 19.4 Å². The summed E-state index contributed by atoms with van der Waals surface area (Å²) in [6.07, 6.45) is 6.12. The summed E-state index contributed by atoms with van der Waals surface area (Å²) in [5.41, 5.74) is 3.88. The standard InChI is InChI=1S/C27H39NO2/c1-16-8-9-17-14-19-26-11-10-24(5,18(15-26)25(6,29)23(2,3)4)22-27(26,12-13-28(19)7)20(17)21(16)30-22/h8-9,18-19,22,29H,10-15H2,1-7H3. The molecule has 1 aromatic carbocycles. The van der Waals surface area contributed by atoms with Gasteiger partial charge in [-0.25, -0.2) is 0 Å². The molecule has 1 aromatic rings. The fraction of sp³-hybridized carbons (Fsp3) is 0.778. The number of aryl methyl sites for hydroxylation is 1. The average molecular weight is 410 g/mol. The molecular formula is C27H39NO2. The van der Waals surface area contributed by atoms with Crippen LogP contribution in [0.1, 0.15) is 77.0 Å². The normalized spacial score (nSPS) is 45.7. The van der Waals surface area contributed by atoms with E-state index in [1.165, 1.54) is 36.1 Å². The first kappa shape index (κ1) is 19.6. The highest BCUT2D eigenvalue weighted by Gasteiger charge is 2.80. The number of benzene rings is 1. The minimum absolute atomic E-state index is 0.000931. The van der Waals surface area contributed by atoms with Gasteiger partial charge in [-0.1, -0.05) is 39.8 Å². The number of piperidine rings is 1. The molecule has 3 saturated carbocycles. The Morgan fingerprint density at radius 3 is 2.57 bits per heavy atom. The van der Waals surface area contributed by atoms with Gasteiger partial charge in [0.2, 0.25) is 0 Å². The van der Waals surface area contributed by atoms with Crippen molar-refractivity contribution in [3.05, 3.63) is 28.8 Å². The Morgan fingerprint density at radius 1 is 1.13 bits per heavy atom. The van der Waals surface area contributed by atoms with Crippen molar-refractivity contribution in [1.82, 2.24) is 4.90 Å². The molecule has 4 bridgehead atoms. The third kappa shape index (κ3) is 1.81. The molecule has 6 aliphatic rings. The van der Waals surface area contributed by atoms with Gasteiger partial charge in [0.25, 0.3) is 0 Å². The van der Waals surface area contributed by atoms with E-state index in [1.54, 1.807) is 5.56 Å². The largest absolute Gasteiger partial charge is 0.488 e. The molecule has 3 heteroatoms. The predicted molar refractivity (Wildman–Crippen MR) is 120 cm³/mol. The lowest BCUT2D eigenvalue weighted by Gasteiger charge is -2.75. The predicted octanol–water partition coefficient (Wildman–Crippen LogP) is 4.86. The number of nitrogens with zero attached hydrogens (tertiary/aromatic N) is 1. The van der Waals surface area contributed by atoms with Gasteiger partial charge in [-0.05, 0) is 82.0 Å². The molecule has 2 heterocycles. The Hall–Kier alpha value is -1.06. The van der Waals surface area contributed by atoms with E-state index in [9.17, 15) is 5.11 Å². The molecule has 0 aromatic heterocycles. The molecular weight excluding hydrogens is 370 g/mol. The number of aliphatic hydroxyl groups is 1. The van der Waals surface area contributed by atoms with Gasteiger partial charge in [0.05, 0.1) is 5.60 Å². The third-order valence-electron chi connectivity index (χ3n) is 11.2. The van der Waals surface area contributed by atoms with Crippen molar-refractivity contribution in [2.75, 3.05) is 13.6 Å². The maximum Gasteiger partial charge on any atom is 0.126 e. The molecule has 4 aliphatic carbocycles. The van der Waals surface area contributed by atoms with Gasteiger partial charge in [0.15, 0.2) is 0 Å². The van der Waals surface area contributed by atoms with Crippen LogP contribution in [0.2, 0.25) is 0 Å². The maximum atomic E-state index is 12.0. The average Bonchev–Trinajstić information content (AvgIpc) is 3.03. The first-order chi connectivity index (χ1) is 13.9. The van der Waals surface area contributed by atoms with E-state index in [0.29, 0.717) is 6.04 Å². The summed E-state index contributed by atoms with van der Waals surface area (Å²) in [4.78, 5) is 2.65. The van der Waals surface area contributed by atoms with Crippen molar-refractivity contribution in [2.24, 2.45) is 22.2 Å². The fourth-order valence-electron chi connectivity index (χ4n) is 9.14. The molecule has 3 nitrogen and oxygen atoms in total. The Bertz CT molecular complexity index is 945. The number of hydrogen-bond donors (Lipinski definition) is 1. The molecule has 164 valence electrons. The van der Waals surface area contributed by atoms with E-state index in [-0.39, 0.29) is 33.7 Å². The molecule has 4 fully saturated rings. The Kier molecular flexibility index (Phi) is 3.46. The number of rotatable bonds is 1. The molecule has 7 unspecified atom stereocenters. The highest BCUT2D eigenvalue weighted by molar-refractivity contribution is 5.60. The quantitative estimate of drug-likeness (QED) is 0.719. The van der Waals surface area contributed by atoms with Gasteiger partial charge >= 0.3 is 0 Å². The SMILES string of the molecule is Cc1ccc2c3c1OC1C4(C)CCC5(CC4C(C)(O)C(C)(C)C)C(C2)N(C)CCC315. The number of likely N-dealkylation sites (N-methyl/N-ethyl adjacent to an activating group) is 1. The number of fused-ring (bicyclic) bond motifs is 2. The monoisotopic (exact) mass is 409 g/mol. The molecule has 7 rings (SSSR count). The van der Waals surface area contributed by atoms with Gasteiger partial charge in [-0.15, -0.1) is 0 Å². The Balaban J connectivity index is 1.64. The van der Waals surface area contributed by atoms with Gasteiger partial charge < -0.3 is 14.7 Å². The number of ether oxygens (including phenoxy) is 1. The van der Waals surface area contributed by atoms with Gasteiger partial charge in [0, 0.05) is 27.9 Å². The van der Waals surface area contributed by atoms with Crippen molar-refractivity contribution < 1.29 is 9.84 Å². The minimum Gasteiger partial charge on any atom is -0.488 e. The van der Waals surface area contributed by atoms with Crippen molar-refractivity contribution in [3.63, 3.8) is 0 Å². The molecule has 0 amide bonds. The smallest absolute Gasteiger partial charge is 0.126 e. The zero-order chi connectivity index (χ0) is 21.5. The first-order valence-corrected chi connectivity index (χ1v) is 12.1.